The molecule has 0 aliphatic heterocycles. The van der Waals surface area contributed by atoms with E-state index in [1.54, 1.807) is 12.3 Å². The van der Waals surface area contributed by atoms with E-state index in [1.165, 1.54) is 0 Å². The van der Waals surface area contributed by atoms with Crippen LogP contribution in [0, 0.1) is 0 Å². The monoisotopic (exact) mass is 385 g/mol. The number of amides is 1. The number of rotatable bonds is 6. The summed E-state index contributed by atoms with van der Waals surface area (Å²) in [6.07, 6.45) is 3.89. The zero-order valence-corrected chi connectivity index (χ0v) is 16.4. The molecule has 4 rings (SSSR count). The van der Waals surface area contributed by atoms with Crippen LogP contribution < -0.4 is 15.5 Å². The maximum absolute atomic E-state index is 12.4. The first-order valence-electron chi connectivity index (χ1n) is 9.44. The predicted molar refractivity (Wildman–Crippen MR) is 119 cm³/mol. The lowest BCUT2D eigenvalue weighted by molar-refractivity contribution is -0.115. The van der Waals surface area contributed by atoms with Gasteiger partial charge in [0, 0.05) is 42.6 Å². The predicted octanol–water partition coefficient (Wildman–Crippen LogP) is 4.55. The Balaban J connectivity index is 1.37. The smallest absolute Gasteiger partial charge is 0.230 e. The molecule has 29 heavy (non-hydrogen) atoms. The van der Waals surface area contributed by atoms with Gasteiger partial charge in [-0.25, -0.2) is 4.98 Å². The molecular weight excluding hydrogens is 362 g/mol. The van der Waals surface area contributed by atoms with Gasteiger partial charge in [-0.1, -0.05) is 18.2 Å². The lowest BCUT2D eigenvalue weighted by Crippen LogP contribution is -2.15. The zero-order chi connectivity index (χ0) is 20.2. The van der Waals surface area contributed by atoms with Crippen molar-refractivity contribution >= 4 is 39.7 Å². The van der Waals surface area contributed by atoms with Crippen LogP contribution in [-0.4, -0.2) is 30.0 Å². The Bertz CT molecular complexity index is 1110. The van der Waals surface area contributed by atoms with Gasteiger partial charge in [-0.3, -0.25) is 4.79 Å². The van der Waals surface area contributed by atoms with Crippen molar-refractivity contribution in [3.05, 3.63) is 78.6 Å². The second-order valence-corrected chi connectivity index (χ2v) is 7.08. The summed E-state index contributed by atoms with van der Waals surface area (Å²) in [7, 11) is 4.02. The molecule has 0 saturated carbocycles. The summed E-state index contributed by atoms with van der Waals surface area (Å²) in [6, 6.07) is 19.8. The molecular formula is C23H23N5O. The third kappa shape index (κ3) is 4.38. The Morgan fingerprint density at radius 2 is 1.76 bits per heavy atom. The number of pyridine rings is 1. The Morgan fingerprint density at radius 3 is 2.48 bits per heavy atom. The second kappa shape index (κ2) is 8.06. The van der Waals surface area contributed by atoms with Crippen LogP contribution in [-0.2, 0) is 11.2 Å². The maximum atomic E-state index is 12.4. The van der Waals surface area contributed by atoms with Gasteiger partial charge in [-0.05, 0) is 48.0 Å². The van der Waals surface area contributed by atoms with Gasteiger partial charge < -0.3 is 20.5 Å². The molecule has 0 unspecified atom stereocenters. The number of fused-ring (bicyclic) bond motifs is 1. The van der Waals surface area contributed by atoms with Crippen LogP contribution >= 0.6 is 0 Å². The number of hydrogen-bond donors (Lipinski definition) is 3. The Kier molecular flexibility index (Phi) is 5.16. The number of aromatic nitrogens is 2. The van der Waals surface area contributed by atoms with Crippen LogP contribution in [0.25, 0.3) is 10.9 Å². The highest BCUT2D eigenvalue weighted by Gasteiger charge is 2.09. The highest BCUT2D eigenvalue weighted by atomic mass is 16.1. The average Bonchev–Trinajstić information content (AvgIpc) is 3.13. The maximum Gasteiger partial charge on any atom is 0.230 e. The van der Waals surface area contributed by atoms with Crippen molar-refractivity contribution in [2.24, 2.45) is 0 Å². The lowest BCUT2D eigenvalue weighted by Gasteiger charge is -2.13. The molecule has 0 spiro atoms. The number of nitrogens with zero attached hydrogens (tertiary/aromatic N) is 2. The van der Waals surface area contributed by atoms with E-state index in [-0.39, 0.29) is 5.91 Å². The van der Waals surface area contributed by atoms with E-state index in [1.807, 2.05) is 62.8 Å². The Hall–Kier alpha value is -3.80. The first-order chi connectivity index (χ1) is 14.1. The standard InChI is InChI=1S/C23H23N5O/c1-28(2)19-10-7-17(8-11-19)26-18-9-12-22(25-15-18)27-23(29)13-16-14-24-21-6-4-3-5-20(16)21/h3-12,14-15,24,26H,13H2,1-2H3,(H,25,27,29). The van der Waals surface area contributed by atoms with E-state index in [4.69, 9.17) is 0 Å². The molecule has 0 fully saturated rings. The van der Waals surface area contributed by atoms with Crippen molar-refractivity contribution in [3.63, 3.8) is 0 Å². The first kappa shape index (κ1) is 18.6. The molecule has 0 bridgehead atoms. The van der Waals surface area contributed by atoms with Crippen LogP contribution in [0.5, 0.6) is 0 Å². The van der Waals surface area contributed by atoms with Crippen LogP contribution in [0.2, 0.25) is 0 Å². The van der Waals surface area contributed by atoms with Crippen LogP contribution in [0.4, 0.5) is 22.9 Å². The number of para-hydroxylation sites is 1. The minimum absolute atomic E-state index is 0.0952. The van der Waals surface area contributed by atoms with Crippen molar-refractivity contribution < 1.29 is 4.79 Å². The summed E-state index contributed by atoms with van der Waals surface area (Å²) in [5.41, 5.74) is 4.98. The van der Waals surface area contributed by atoms with E-state index < -0.39 is 0 Å². The highest BCUT2D eigenvalue weighted by molar-refractivity contribution is 5.95. The van der Waals surface area contributed by atoms with E-state index in [0.29, 0.717) is 12.2 Å². The van der Waals surface area contributed by atoms with Crippen molar-refractivity contribution in [3.8, 4) is 0 Å². The molecule has 0 atom stereocenters. The minimum Gasteiger partial charge on any atom is -0.378 e. The molecule has 2 aromatic carbocycles. The van der Waals surface area contributed by atoms with Gasteiger partial charge in [0.25, 0.3) is 0 Å². The molecule has 0 saturated heterocycles. The third-order valence-electron chi connectivity index (χ3n) is 4.73. The Morgan fingerprint density at radius 1 is 1.00 bits per heavy atom. The number of nitrogens with one attached hydrogen (secondary N) is 3. The fourth-order valence-electron chi connectivity index (χ4n) is 3.19. The zero-order valence-electron chi connectivity index (χ0n) is 16.4. The molecule has 3 N–H and O–H groups in total. The number of aromatic amines is 1. The molecule has 0 radical (unpaired) electrons. The molecule has 4 aromatic rings. The number of carbonyl (C=O) groups excluding carboxylic acids is 1. The van der Waals surface area contributed by atoms with E-state index in [9.17, 15) is 4.79 Å². The average molecular weight is 385 g/mol. The Labute approximate surface area is 169 Å². The normalized spacial score (nSPS) is 10.7. The fourth-order valence-corrected chi connectivity index (χ4v) is 3.19. The van der Waals surface area contributed by atoms with Crippen LogP contribution in [0.3, 0.4) is 0 Å². The summed E-state index contributed by atoms with van der Waals surface area (Å²) in [5.74, 6) is 0.436. The summed E-state index contributed by atoms with van der Waals surface area (Å²) in [4.78, 5) is 22.0. The second-order valence-electron chi connectivity index (χ2n) is 7.08. The van der Waals surface area contributed by atoms with Gasteiger partial charge >= 0.3 is 0 Å². The van der Waals surface area contributed by atoms with E-state index >= 15 is 0 Å². The molecule has 0 aliphatic rings. The third-order valence-corrected chi connectivity index (χ3v) is 4.73. The lowest BCUT2D eigenvalue weighted by atomic mass is 10.1. The molecule has 6 nitrogen and oxygen atoms in total. The SMILES string of the molecule is CN(C)c1ccc(Nc2ccc(NC(=O)Cc3c[nH]c4ccccc34)nc2)cc1. The van der Waals surface area contributed by atoms with Gasteiger partial charge in [0.05, 0.1) is 18.3 Å². The quantitative estimate of drug-likeness (QED) is 0.455. The number of benzene rings is 2. The first-order valence-corrected chi connectivity index (χ1v) is 9.44. The molecule has 0 aliphatic carbocycles. The fraction of sp³-hybridized carbons (Fsp3) is 0.130. The number of anilines is 4. The molecule has 6 heteroatoms. The van der Waals surface area contributed by atoms with Crippen molar-refractivity contribution in [1.82, 2.24) is 9.97 Å². The van der Waals surface area contributed by atoms with Crippen LogP contribution in [0.1, 0.15) is 5.56 Å². The number of carbonyl (C=O) groups is 1. The van der Waals surface area contributed by atoms with E-state index in [0.717, 1.165) is 33.5 Å². The van der Waals surface area contributed by atoms with Crippen molar-refractivity contribution in [2.45, 2.75) is 6.42 Å². The topological polar surface area (TPSA) is 73.0 Å². The summed E-state index contributed by atoms with van der Waals surface area (Å²) < 4.78 is 0. The molecule has 146 valence electrons. The van der Waals surface area contributed by atoms with Gasteiger partial charge in [-0.2, -0.15) is 0 Å². The molecule has 1 amide bonds. The van der Waals surface area contributed by atoms with Gasteiger partial charge in [0.1, 0.15) is 5.82 Å². The summed E-state index contributed by atoms with van der Waals surface area (Å²) >= 11 is 0. The van der Waals surface area contributed by atoms with Crippen molar-refractivity contribution in [2.75, 3.05) is 29.6 Å². The van der Waals surface area contributed by atoms with Gasteiger partial charge in [-0.15, -0.1) is 0 Å². The summed E-state index contributed by atoms with van der Waals surface area (Å²) in [6.45, 7) is 0. The minimum atomic E-state index is -0.0952. The highest BCUT2D eigenvalue weighted by Crippen LogP contribution is 2.21. The molecule has 2 aromatic heterocycles. The van der Waals surface area contributed by atoms with Crippen LogP contribution in [0.15, 0.2) is 73.1 Å². The largest absolute Gasteiger partial charge is 0.378 e. The van der Waals surface area contributed by atoms with Crippen molar-refractivity contribution in [1.29, 1.82) is 0 Å². The van der Waals surface area contributed by atoms with E-state index in [2.05, 4.69) is 37.6 Å². The number of H-pyrrole nitrogens is 1. The van der Waals surface area contributed by atoms with Gasteiger partial charge in [0.2, 0.25) is 5.91 Å². The summed E-state index contributed by atoms with van der Waals surface area (Å²) in [5, 5.41) is 7.23. The number of hydrogen-bond acceptors (Lipinski definition) is 4. The molecule has 2 heterocycles. The van der Waals surface area contributed by atoms with Gasteiger partial charge in [0.15, 0.2) is 0 Å².